The normalized spacial score (nSPS) is 12.0. The molecule has 0 heterocycles. The molecule has 0 saturated carbocycles. The Hall–Kier alpha value is -3.80. The maximum absolute atomic E-state index is 12.7. The standard InChI is InChI=1S/C24H22O6/c1-15(17-6-7-19-14-20(28-2)9-8-18(19)13-17)24(27)30-21-10-4-16(5-11-23(25)26)12-22(21)29-3/h4-15H,1-3H3,(H,25,26)/b11-5+. The third kappa shape index (κ3) is 4.78. The summed E-state index contributed by atoms with van der Waals surface area (Å²) in [5, 5.41) is 10.8. The Morgan fingerprint density at radius 1 is 0.900 bits per heavy atom. The average Bonchev–Trinajstić information content (AvgIpc) is 2.76. The van der Waals surface area contributed by atoms with E-state index in [1.54, 1.807) is 32.2 Å². The van der Waals surface area contributed by atoms with Crippen molar-refractivity contribution in [3.8, 4) is 17.2 Å². The van der Waals surface area contributed by atoms with Crippen LogP contribution in [-0.2, 0) is 9.59 Å². The molecular formula is C24H22O6. The molecule has 0 amide bonds. The summed E-state index contributed by atoms with van der Waals surface area (Å²) in [6.45, 7) is 1.78. The number of rotatable bonds is 7. The van der Waals surface area contributed by atoms with Gasteiger partial charge in [0, 0.05) is 6.08 Å². The van der Waals surface area contributed by atoms with Crippen molar-refractivity contribution in [1.29, 1.82) is 0 Å². The minimum atomic E-state index is -1.05. The molecule has 154 valence electrons. The molecule has 1 atom stereocenters. The van der Waals surface area contributed by atoms with Crippen molar-refractivity contribution in [3.63, 3.8) is 0 Å². The van der Waals surface area contributed by atoms with Crippen LogP contribution >= 0.6 is 0 Å². The van der Waals surface area contributed by atoms with Crippen molar-refractivity contribution in [2.24, 2.45) is 0 Å². The van der Waals surface area contributed by atoms with E-state index in [9.17, 15) is 9.59 Å². The second-order valence-electron chi connectivity index (χ2n) is 6.70. The van der Waals surface area contributed by atoms with Crippen LogP contribution in [-0.4, -0.2) is 31.3 Å². The molecule has 0 spiro atoms. The molecule has 1 unspecified atom stereocenters. The topological polar surface area (TPSA) is 82.1 Å². The van der Waals surface area contributed by atoms with Gasteiger partial charge in [0.15, 0.2) is 11.5 Å². The van der Waals surface area contributed by atoms with E-state index in [1.165, 1.54) is 13.2 Å². The Bertz CT molecular complexity index is 1120. The number of carboxylic acids is 1. The maximum Gasteiger partial charge on any atom is 0.328 e. The van der Waals surface area contributed by atoms with Gasteiger partial charge in [0.05, 0.1) is 20.1 Å². The number of esters is 1. The average molecular weight is 406 g/mol. The molecule has 0 aliphatic carbocycles. The second kappa shape index (κ2) is 9.13. The Balaban J connectivity index is 1.79. The molecular weight excluding hydrogens is 384 g/mol. The monoisotopic (exact) mass is 406 g/mol. The van der Waals surface area contributed by atoms with Gasteiger partial charge in [-0.25, -0.2) is 4.79 Å². The number of hydrogen-bond acceptors (Lipinski definition) is 5. The van der Waals surface area contributed by atoms with Crippen LogP contribution in [0.2, 0.25) is 0 Å². The summed E-state index contributed by atoms with van der Waals surface area (Å²) in [4.78, 5) is 23.4. The van der Waals surface area contributed by atoms with Gasteiger partial charge >= 0.3 is 11.9 Å². The molecule has 3 rings (SSSR count). The molecule has 0 saturated heterocycles. The first-order chi connectivity index (χ1) is 14.4. The van der Waals surface area contributed by atoms with E-state index in [1.807, 2.05) is 36.4 Å². The number of carbonyl (C=O) groups is 2. The van der Waals surface area contributed by atoms with Crippen LogP contribution in [0.15, 0.2) is 60.7 Å². The van der Waals surface area contributed by atoms with Crippen LogP contribution < -0.4 is 14.2 Å². The van der Waals surface area contributed by atoms with Gasteiger partial charge in [-0.2, -0.15) is 0 Å². The molecule has 1 N–H and O–H groups in total. The van der Waals surface area contributed by atoms with Gasteiger partial charge in [0.2, 0.25) is 0 Å². The quantitative estimate of drug-likeness (QED) is 0.349. The fourth-order valence-electron chi connectivity index (χ4n) is 3.01. The van der Waals surface area contributed by atoms with Gasteiger partial charge in [-0.1, -0.05) is 30.3 Å². The molecule has 0 bridgehead atoms. The van der Waals surface area contributed by atoms with Crippen molar-refractivity contribution in [1.82, 2.24) is 0 Å². The van der Waals surface area contributed by atoms with Gasteiger partial charge in [0.25, 0.3) is 0 Å². The summed E-state index contributed by atoms with van der Waals surface area (Å²) in [5.41, 5.74) is 1.45. The lowest BCUT2D eigenvalue weighted by molar-refractivity contribution is -0.136. The lowest BCUT2D eigenvalue weighted by Crippen LogP contribution is -2.16. The summed E-state index contributed by atoms with van der Waals surface area (Å²) >= 11 is 0. The van der Waals surface area contributed by atoms with Gasteiger partial charge < -0.3 is 19.3 Å². The number of benzene rings is 3. The summed E-state index contributed by atoms with van der Waals surface area (Å²) in [5.74, 6) is -0.576. The lowest BCUT2D eigenvalue weighted by Gasteiger charge is -2.15. The highest BCUT2D eigenvalue weighted by molar-refractivity contribution is 5.88. The number of fused-ring (bicyclic) bond motifs is 1. The molecule has 0 radical (unpaired) electrons. The molecule has 3 aromatic carbocycles. The highest BCUT2D eigenvalue weighted by atomic mass is 16.6. The molecule has 0 aliphatic heterocycles. The van der Waals surface area contributed by atoms with Crippen molar-refractivity contribution < 1.29 is 28.9 Å². The van der Waals surface area contributed by atoms with Crippen LogP contribution in [0.4, 0.5) is 0 Å². The van der Waals surface area contributed by atoms with Crippen LogP contribution in [0.1, 0.15) is 24.0 Å². The fraction of sp³-hybridized carbons (Fsp3) is 0.167. The van der Waals surface area contributed by atoms with E-state index in [4.69, 9.17) is 19.3 Å². The number of ether oxygens (including phenoxy) is 3. The number of aliphatic carboxylic acids is 1. The molecule has 0 fully saturated rings. The zero-order chi connectivity index (χ0) is 21.7. The first-order valence-corrected chi connectivity index (χ1v) is 9.29. The van der Waals surface area contributed by atoms with Gasteiger partial charge in [-0.05, 0) is 59.2 Å². The van der Waals surface area contributed by atoms with Crippen molar-refractivity contribution in [2.75, 3.05) is 14.2 Å². The van der Waals surface area contributed by atoms with Crippen molar-refractivity contribution in [2.45, 2.75) is 12.8 Å². The SMILES string of the molecule is COc1ccc2cc(C(C)C(=O)Oc3ccc(/C=C/C(=O)O)cc3OC)ccc2c1. The first-order valence-electron chi connectivity index (χ1n) is 9.29. The predicted octanol–water partition coefficient (Wildman–Crippen LogP) is 4.66. The van der Waals surface area contributed by atoms with Gasteiger partial charge in [0.1, 0.15) is 5.75 Å². The predicted molar refractivity (Wildman–Crippen MR) is 114 cm³/mol. The van der Waals surface area contributed by atoms with E-state index in [0.29, 0.717) is 11.3 Å². The summed E-state index contributed by atoms with van der Waals surface area (Å²) < 4.78 is 16.1. The van der Waals surface area contributed by atoms with E-state index in [0.717, 1.165) is 28.2 Å². The van der Waals surface area contributed by atoms with Crippen LogP contribution in [0.3, 0.4) is 0 Å². The number of carbonyl (C=O) groups excluding carboxylic acids is 1. The van der Waals surface area contributed by atoms with Crippen LogP contribution in [0, 0.1) is 0 Å². The first kappa shape index (κ1) is 20.9. The Morgan fingerprint density at radius 2 is 1.63 bits per heavy atom. The Kier molecular flexibility index (Phi) is 6.37. The molecule has 6 heteroatoms. The molecule has 0 aromatic heterocycles. The number of methoxy groups -OCH3 is 2. The van der Waals surface area contributed by atoms with Crippen molar-refractivity contribution in [3.05, 3.63) is 71.8 Å². The third-order valence-electron chi connectivity index (χ3n) is 4.74. The lowest BCUT2D eigenvalue weighted by atomic mass is 9.98. The van der Waals surface area contributed by atoms with E-state index in [2.05, 4.69) is 0 Å². The molecule has 3 aromatic rings. The van der Waals surface area contributed by atoms with Crippen LogP contribution in [0.25, 0.3) is 16.8 Å². The number of hydrogen-bond donors (Lipinski definition) is 1. The highest BCUT2D eigenvalue weighted by Gasteiger charge is 2.20. The fourth-order valence-corrected chi connectivity index (χ4v) is 3.01. The smallest absolute Gasteiger partial charge is 0.328 e. The highest BCUT2D eigenvalue weighted by Crippen LogP contribution is 2.31. The zero-order valence-corrected chi connectivity index (χ0v) is 16.9. The van der Waals surface area contributed by atoms with E-state index >= 15 is 0 Å². The van der Waals surface area contributed by atoms with Gasteiger partial charge in [-0.3, -0.25) is 4.79 Å². The number of carboxylic acid groups (broad SMARTS) is 1. The minimum absolute atomic E-state index is 0.271. The van der Waals surface area contributed by atoms with Crippen LogP contribution in [0.5, 0.6) is 17.2 Å². The summed E-state index contributed by atoms with van der Waals surface area (Å²) in [6, 6.07) is 16.4. The van der Waals surface area contributed by atoms with Crippen molar-refractivity contribution >= 4 is 28.8 Å². The minimum Gasteiger partial charge on any atom is -0.497 e. The summed E-state index contributed by atoms with van der Waals surface area (Å²) in [6.07, 6.45) is 2.46. The zero-order valence-electron chi connectivity index (χ0n) is 16.9. The van der Waals surface area contributed by atoms with E-state index < -0.39 is 17.9 Å². The molecule has 30 heavy (non-hydrogen) atoms. The molecule has 6 nitrogen and oxygen atoms in total. The Labute approximate surface area is 174 Å². The Morgan fingerprint density at radius 3 is 2.33 bits per heavy atom. The largest absolute Gasteiger partial charge is 0.497 e. The van der Waals surface area contributed by atoms with E-state index in [-0.39, 0.29) is 5.75 Å². The second-order valence-corrected chi connectivity index (χ2v) is 6.70. The molecule has 0 aliphatic rings. The third-order valence-corrected chi connectivity index (χ3v) is 4.74. The maximum atomic E-state index is 12.7. The summed E-state index contributed by atoms with van der Waals surface area (Å²) in [7, 11) is 3.08. The van der Waals surface area contributed by atoms with Gasteiger partial charge in [-0.15, -0.1) is 0 Å².